The molecule has 0 saturated carbocycles. The third-order valence-corrected chi connectivity index (χ3v) is 4.37. The van der Waals surface area contributed by atoms with Crippen molar-refractivity contribution >= 4 is 0 Å². The van der Waals surface area contributed by atoms with Gasteiger partial charge in [0.1, 0.15) is 0 Å². The average Bonchev–Trinajstić information content (AvgIpc) is 3.02. The summed E-state index contributed by atoms with van der Waals surface area (Å²) in [6.45, 7) is 3.28. The Morgan fingerprint density at radius 1 is 1.25 bits per heavy atom. The van der Waals surface area contributed by atoms with Crippen LogP contribution in [-0.2, 0) is 12.8 Å². The van der Waals surface area contributed by atoms with Crippen LogP contribution in [-0.4, -0.2) is 6.54 Å². The number of hydrogen-bond donors (Lipinski definition) is 1. The minimum atomic E-state index is 0.419. The summed E-state index contributed by atoms with van der Waals surface area (Å²) in [4.78, 5) is 0. The molecule has 0 bridgehead atoms. The van der Waals surface area contributed by atoms with Crippen LogP contribution < -0.4 is 5.32 Å². The maximum atomic E-state index is 5.30. The number of fused-ring (bicyclic) bond motifs is 1. The van der Waals surface area contributed by atoms with Gasteiger partial charge in [-0.3, -0.25) is 0 Å². The third-order valence-electron chi connectivity index (χ3n) is 4.37. The van der Waals surface area contributed by atoms with Gasteiger partial charge in [-0.15, -0.1) is 0 Å². The van der Waals surface area contributed by atoms with E-state index in [1.165, 1.54) is 36.0 Å². The van der Waals surface area contributed by atoms with Gasteiger partial charge in [0, 0.05) is 11.6 Å². The van der Waals surface area contributed by atoms with Crippen LogP contribution in [0.3, 0.4) is 0 Å². The highest BCUT2D eigenvalue weighted by Crippen LogP contribution is 2.34. The van der Waals surface area contributed by atoms with Gasteiger partial charge in [0.25, 0.3) is 0 Å². The van der Waals surface area contributed by atoms with Crippen LogP contribution in [0, 0.1) is 5.92 Å². The van der Waals surface area contributed by atoms with Crippen LogP contribution in [0.2, 0.25) is 0 Å². The van der Waals surface area contributed by atoms with Crippen molar-refractivity contribution in [3.63, 3.8) is 0 Å². The van der Waals surface area contributed by atoms with E-state index in [9.17, 15) is 0 Å². The summed E-state index contributed by atoms with van der Waals surface area (Å²) in [5.74, 6) is 0.661. The summed E-state index contributed by atoms with van der Waals surface area (Å²) in [6.07, 6.45) is 8.47. The predicted molar refractivity (Wildman–Crippen MR) is 81.7 cm³/mol. The molecule has 1 aliphatic carbocycles. The van der Waals surface area contributed by atoms with Crippen molar-refractivity contribution < 1.29 is 4.42 Å². The van der Waals surface area contributed by atoms with E-state index in [4.69, 9.17) is 4.42 Å². The Morgan fingerprint density at radius 3 is 2.85 bits per heavy atom. The van der Waals surface area contributed by atoms with Gasteiger partial charge in [0.05, 0.1) is 12.5 Å². The second kappa shape index (κ2) is 6.27. The number of benzene rings is 1. The standard InChI is InChI=1S/C18H23NO/c1-2-10-19-18(17-9-11-20-13-17)16-8-7-14-5-3-4-6-15(14)12-16/h3-6,9,11,13,16,18-19H,2,7-8,10,12H2,1H3. The first-order valence-corrected chi connectivity index (χ1v) is 7.70. The van der Waals surface area contributed by atoms with Crippen LogP contribution in [0.1, 0.15) is 42.5 Å². The van der Waals surface area contributed by atoms with Crippen LogP contribution in [0.4, 0.5) is 0 Å². The largest absolute Gasteiger partial charge is 0.472 e. The predicted octanol–water partition coefficient (Wildman–Crippen LogP) is 4.13. The van der Waals surface area contributed by atoms with Gasteiger partial charge in [-0.2, -0.15) is 0 Å². The Bertz CT molecular complexity index is 532. The molecular formula is C18H23NO. The first kappa shape index (κ1) is 13.4. The Labute approximate surface area is 121 Å². The number of rotatable bonds is 5. The van der Waals surface area contributed by atoms with Crippen LogP contribution >= 0.6 is 0 Å². The van der Waals surface area contributed by atoms with Gasteiger partial charge in [-0.25, -0.2) is 0 Å². The zero-order valence-corrected chi connectivity index (χ0v) is 12.1. The molecule has 106 valence electrons. The molecule has 2 heteroatoms. The van der Waals surface area contributed by atoms with Crippen molar-refractivity contribution in [2.75, 3.05) is 6.54 Å². The first-order valence-electron chi connectivity index (χ1n) is 7.70. The fraction of sp³-hybridized carbons (Fsp3) is 0.444. The number of furan rings is 1. The first-order chi connectivity index (χ1) is 9.88. The molecule has 1 N–H and O–H groups in total. The molecule has 1 heterocycles. The quantitative estimate of drug-likeness (QED) is 0.883. The molecular weight excluding hydrogens is 246 g/mol. The zero-order valence-electron chi connectivity index (χ0n) is 12.1. The van der Waals surface area contributed by atoms with E-state index in [0.717, 1.165) is 13.0 Å². The van der Waals surface area contributed by atoms with Gasteiger partial charge in [0.15, 0.2) is 0 Å². The lowest BCUT2D eigenvalue weighted by molar-refractivity contribution is 0.324. The molecule has 2 atom stereocenters. The van der Waals surface area contributed by atoms with Gasteiger partial charge in [-0.05, 0) is 55.3 Å². The van der Waals surface area contributed by atoms with Gasteiger partial charge >= 0.3 is 0 Å². The molecule has 2 unspecified atom stereocenters. The molecule has 2 aromatic rings. The SMILES string of the molecule is CCCNC(c1ccoc1)C1CCc2ccccc2C1. The van der Waals surface area contributed by atoms with Gasteiger partial charge < -0.3 is 9.73 Å². The van der Waals surface area contributed by atoms with Crippen LogP contribution in [0.5, 0.6) is 0 Å². The van der Waals surface area contributed by atoms with Crippen molar-refractivity contribution in [3.8, 4) is 0 Å². The monoisotopic (exact) mass is 269 g/mol. The van der Waals surface area contributed by atoms with E-state index < -0.39 is 0 Å². The van der Waals surface area contributed by atoms with Crippen molar-refractivity contribution in [1.82, 2.24) is 5.32 Å². The number of aryl methyl sites for hydroxylation is 1. The van der Waals surface area contributed by atoms with Crippen molar-refractivity contribution in [2.24, 2.45) is 5.92 Å². The minimum absolute atomic E-state index is 0.419. The number of hydrogen-bond acceptors (Lipinski definition) is 2. The van der Waals surface area contributed by atoms with Gasteiger partial charge in [0.2, 0.25) is 0 Å². The van der Waals surface area contributed by atoms with Crippen LogP contribution in [0.15, 0.2) is 47.3 Å². The molecule has 0 radical (unpaired) electrons. The van der Waals surface area contributed by atoms with E-state index in [1.807, 2.05) is 6.26 Å². The molecule has 0 amide bonds. The van der Waals surface area contributed by atoms with E-state index in [0.29, 0.717) is 12.0 Å². The summed E-state index contributed by atoms with van der Waals surface area (Å²) >= 11 is 0. The molecule has 0 saturated heterocycles. The Kier molecular flexibility index (Phi) is 4.22. The van der Waals surface area contributed by atoms with Crippen LogP contribution in [0.25, 0.3) is 0 Å². The summed E-state index contributed by atoms with van der Waals surface area (Å²) in [5, 5.41) is 3.71. The smallest absolute Gasteiger partial charge is 0.0950 e. The minimum Gasteiger partial charge on any atom is -0.472 e. The molecule has 1 aromatic heterocycles. The molecule has 0 aliphatic heterocycles. The molecule has 1 aromatic carbocycles. The lowest BCUT2D eigenvalue weighted by Crippen LogP contribution is -2.32. The third kappa shape index (κ3) is 2.80. The molecule has 1 aliphatic rings. The fourth-order valence-corrected chi connectivity index (χ4v) is 3.32. The van der Waals surface area contributed by atoms with E-state index in [-0.39, 0.29) is 0 Å². The van der Waals surface area contributed by atoms with Gasteiger partial charge in [-0.1, -0.05) is 31.2 Å². The molecule has 0 spiro atoms. The summed E-state index contributed by atoms with van der Waals surface area (Å²) < 4.78 is 5.30. The average molecular weight is 269 g/mol. The lowest BCUT2D eigenvalue weighted by atomic mass is 9.78. The lowest BCUT2D eigenvalue weighted by Gasteiger charge is -2.32. The molecule has 3 rings (SSSR count). The maximum Gasteiger partial charge on any atom is 0.0950 e. The second-order valence-corrected chi connectivity index (χ2v) is 5.76. The molecule has 20 heavy (non-hydrogen) atoms. The van der Waals surface area contributed by atoms with Crippen molar-refractivity contribution in [1.29, 1.82) is 0 Å². The van der Waals surface area contributed by atoms with E-state index in [1.54, 1.807) is 6.26 Å². The van der Waals surface area contributed by atoms with Crippen molar-refractivity contribution in [2.45, 2.75) is 38.6 Å². The fourth-order valence-electron chi connectivity index (χ4n) is 3.32. The summed E-state index contributed by atoms with van der Waals surface area (Å²) in [5.41, 5.74) is 4.35. The second-order valence-electron chi connectivity index (χ2n) is 5.76. The normalized spacial score (nSPS) is 19.6. The number of nitrogens with one attached hydrogen (secondary N) is 1. The maximum absolute atomic E-state index is 5.30. The Morgan fingerprint density at radius 2 is 2.10 bits per heavy atom. The Balaban J connectivity index is 1.79. The highest BCUT2D eigenvalue weighted by atomic mass is 16.3. The van der Waals surface area contributed by atoms with E-state index in [2.05, 4.69) is 42.6 Å². The molecule has 0 fully saturated rings. The highest BCUT2D eigenvalue weighted by molar-refractivity contribution is 5.30. The topological polar surface area (TPSA) is 25.2 Å². The summed E-state index contributed by atoms with van der Waals surface area (Å²) in [7, 11) is 0. The molecule has 2 nitrogen and oxygen atoms in total. The summed E-state index contributed by atoms with van der Waals surface area (Å²) in [6, 6.07) is 11.4. The Hall–Kier alpha value is -1.54. The zero-order chi connectivity index (χ0) is 13.8. The van der Waals surface area contributed by atoms with E-state index >= 15 is 0 Å². The highest BCUT2D eigenvalue weighted by Gasteiger charge is 2.27. The van der Waals surface area contributed by atoms with Crippen molar-refractivity contribution in [3.05, 3.63) is 59.5 Å².